The Morgan fingerprint density at radius 3 is 2.23 bits per heavy atom. The van der Waals surface area contributed by atoms with Crippen LogP contribution in [-0.4, -0.2) is 58.6 Å². The molecule has 0 radical (unpaired) electrons. The Balaban J connectivity index is 1.21. The fraction of sp³-hybridized carbons (Fsp3) is 0.615. The van der Waals surface area contributed by atoms with Gasteiger partial charge in [0.05, 0.1) is 18.8 Å². The van der Waals surface area contributed by atoms with E-state index in [0.29, 0.717) is 54.3 Å². The molecule has 2 aromatic carbocycles. The summed E-state index contributed by atoms with van der Waals surface area (Å²) in [6.07, 6.45) is -5.77. The fourth-order valence-electron chi connectivity index (χ4n) is 9.99. The van der Waals surface area contributed by atoms with Crippen LogP contribution in [-0.2, 0) is 20.8 Å². The van der Waals surface area contributed by atoms with Crippen molar-refractivity contribution < 1.29 is 51.2 Å². The maximum absolute atomic E-state index is 15.4. The van der Waals surface area contributed by atoms with Gasteiger partial charge in [-0.15, -0.1) is 0 Å². The van der Waals surface area contributed by atoms with Crippen molar-refractivity contribution in [3.63, 3.8) is 0 Å². The van der Waals surface area contributed by atoms with Crippen molar-refractivity contribution in [2.24, 2.45) is 22.7 Å². The number of hydrogen-bond acceptors (Lipinski definition) is 6. The second-order valence-electron chi connectivity index (χ2n) is 16.6. The maximum atomic E-state index is 15.4. The van der Waals surface area contributed by atoms with Gasteiger partial charge in [0, 0.05) is 40.3 Å². The molecule has 1 amide bonds. The summed E-state index contributed by atoms with van der Waals surface area (Å²) in [5.74, 6) is -8.03. The minimum absolute atomic E-state index is 0.00483. The Hall–Kier alpha value is -2.77. The molecule has 3 unspecified atom stereocenters. The zero-order chi connectivity index (χ0) is 37.5. The van der Waals surface area contributed by atoms with Crippen molar-refractivity contribution in [2.75, 3.05) is 18.5 Å². The van der Waals surface area contributed by atoms with Crippen LogP contribution in [0.5, 0.6) is 0 Å². The molecule has 7 nitrogen and oxygen atoms in total. The number of rotatable bonds is 5. The van der Waals surface area contributed by atoms with Crippen molar-refractivity contribution in [2.45, 2.75) is 114 Å². The summed E-state index contributed by atoms with van der Waals surface area (Å²) in [6.45, 7) is 6.31. The van der Waals surface area contributed by atoms with E-state index in [0.717, 1.165) is 11.1 Å². The lowest BCUT2D eigenvalue weighted by Gasteiger charge is -2.59. The minimum atomic E-state index is -5.94. The molecular weight excluding hydrogens is 709 g/mol. The number of fused-ring (bicyclic) bond motifs is 4. The summed E-state index contributed by atoms with van der Waals surface area (Å²) in [7, 11) is 0. The summed E-state index contributed by atoms with van der Waals surface area (Å²) in [5.41, 5.74) is -3.18. The normalized spacial score (nSPS) is 33.9. The number of allylic oxidation sites excluding steroid dienone is 1. The number of amides is 1. The van der Waals surface area contributed by atoms with E-state index in [4.69, 9.17) is 25.8 Å². The molecule has 3 saturated carbocycles. The Bertz CT molecular complexity index is 1720. The molecule has 7 rings (SSSR count). The van der Waals surface area contributed by atoms with Gasteiger partial charge in [-0.3, -0.25) is 5.32 Å². The third kappa shape index (κ3) is 6.14. The van der Waals surface area contributed by atoms with E-state index in [2.05, 4.69) is 5.32 Å². The van der Waals surface area contributed by atoms with Crippen LogP contribution in [0.25, 0.3) is 0 Å². The van der Waals surface area contributed by atoms with Crippen molar-refractivity contribution >= 4 is 23.4 Å². The van der Waals surface area contributed by atoms with Crippen LogP contribution in [0.3, 0.4) is 0 Å². The average Bonchev–Trinajstić information content (AvgIpc) is 3.36. The highest BCUT2D eigenvalue weighted by Gasteiger charge is 2.79. The highest BCUT2D eigenvalue weighted by Crippen LogP contribution is 2.71. The molecule has 13 heteroatoms. The minimum Gasteiger partial charge on any atom is -0.444 e. The third-order valence-corrected chi connectivity index (χ3v) is 13.0. The van der Waals surface area contributed by atoms with Gasteiger partial charge in [0.25, 0.3) is 0 Å². The SMILES string of the molecule is CC1(C)COC2(CCC3=C4C(CCC3(O)C2)C2CC[C@@](O)(C(F)(F)C(F)(F)F)[C@@]2(C)C[C@@H]4c2ccc(COC(=O)Nc3ccc(Cl)cc3)cc2)OC1. The first-order valence-corrected chi connectivity index (χ1v) is 18.3. The number of carbonyl (C=O) groups is 1. The van der Waals surface area contributed by atoms with Gasteiger partial charge in [-0.2, -0.15) is 22.0 Å². The van der Waals surface area contributed by atoms with Crippen LogP contribution >= 0.6 is 11.6 Å². The number of anilines is 1. The lowest BCUT2D eigenvalue weighted by Crippen LogP contribution is -2.65. The zero-order valence-corrected chi connectivity index (χ0v) is 30.2. The monoisotopic (exact) mass is 753 g/mol. The van der Waals surface area contributed by atoms with E-state index in [1.54, 1.807) is 48.5 Å². The Morgan fingerprint density at radius 2 is 1.60 bits per heavy atom. The molecule has 0 aromatic heterocycles. The summed E-state index contributed by atoms with van der Waals surface area (Å²) in [6, 6.07) is 13.5. The van der Waals surface area contributed by atoms with E-state index in [1.807, 2.05) is 13.8 Å². The Morgan fingerprint density at radius 1 is 0.942 bits per heavy atom. The van der Waals surface area contributed by atoms with Gasteiger partial charge in [0.1, 0.15) is 12.2 Å². The number of carbonyl (C=O) groups excluding carboxylic acids is 1. The number of benzene rings is 2. The van der Waals surface area contributed by atoms with Gasteiger partial charge in [0.15, 0.2) is 5.79 Å². The number of alkyl halides is 5. The average molecular weight is 754 g/mol. The fourth-order valence-corrected chi connectivity index (χ4v) is 10.1. The molecule has 3 N–H and O–H groups in total. The first-order valence-electron chi connectivity index (χ1n) is 17.9. The molecule has 0 bridgehead atoms. The largest absolute Gasteiger partial charge is 0.456 e. The van der Waals surface area contributed by atoms with Crippen molar-refractivity contribution in [1.82, 2.24) is 0 Å². The molecule has 2 aromatic rings. The lowest BCUT2D eigenvalue weighted by atomic mass is 9.49. The van der Waals surface area contributed by atoms with E-state index >= 15 is 8.78 Å². The van der Waals surface area contributed by atoms with E-state index in [-0.39, 0.29) is 37.7 Å². The number of halogens is 6. The number of ether oxygens (including phenoxy) is 3. The van der Waals surface area contributed by atoms with Gasteiger partial charge < -0.3 is 24.4 Å². The van der Waals surface area contributed by atoms with E-state index in [9.17, 15) is 28.2 Å². The Kier molecular flexibility index (Phi) is 9.13. The predicted octanol–water partition coefficient (Wildman–Crippen LogP) is 9.31. The second kappa shape index (κ2) is 12.6. The molecule has 1 aliphatic heterocycles. The van der Waals surface area contributed by atoms with Crippen molar-refractivity contribution in [1.29, 1.82) is 0 Å². The first-order chi connectivity index (χ1) is 24.2. The number of hydrogen-bond donors (Lipinski definition) is 3. The maximum Gasteiger partial charge on any atom is 0.456 e. The molecule has 1 spiro atoms. The molecule has 284 valence electrons. The molecule has 5 aliphatic rings. The van der Waals surface area contributed by atoms with Crippen molar-refractivity contribution in [3.8, 4) is 0 Å². The lowest BCUT2D eigenvalue weighted by molar-refractivity contribution is -0.362. The predicted molar refractivity (Wildman–Crippen MR) is 183 cm³/mol. The highest BCUT2D eigenvalue weighted by molar-refractivity contribution is 6.30. The van der Waals surface area contributed by atoms with Gasteiger partial charge in [0.2, 0.25) is 0 Å². The molecule has 4 fully saturated rings. The topological polar surface area (TPSA) is 97.3 Å². The van der Waals surface area contributed by atoms with Gasteiger partial charge in [-0.1, -0.05) is 62.2 Å². The van der Waals surface area contributed by atoms with Gasteiger partial charge >= 0.3 is 18.2 Å². The second-order valence-corrected chi connectivity index (χ2v) is 17.1. The molecular formula is C39H45ClF5NO6. The molecule has 1 heterocycles. The highest BCUT2D eigenvalue weighted by atomic mass is 35.5. The van der Waals surface area contributed by atoms with Gasteiger partial charge in [-0.05, 0) is 91.3 Å². The standard InChI is InChI=1S/C39H45ClF5NO6/c1-33(2)21-51-36(52-22-33)16-13-30-31-27(12-15-35(30,48)20-36)29-14-17-37(49,38(41,42)39(43,44)45)34(29,3)18-28(31)24-6-4-23(5-7-24)19-50-32(47)46-26-10-8-25(40)9-11-26/h4-11,27-29,48-49H,12-22H2,1-3H3,(H,46,47)/t27?,28-,29?,34+,35?,37+/m1/s1. The van der Waals surface area contributed by atoms with E-state index < -0.39 is 64.8 Å². The molecule has 6 atom stereocenters. The number of aliphatic hydroxyl groups is 2. The summed E-state index contributed by atoms with van der Waals surface area (Å²) < 4.78 is 90.8. The first kappa shape index (κ1) is 37.5. The number of nitrogens with one attached hydrogen (secondary N) is 1. The smallest absolute Gasteiger partial charge is 0.444 e. The Labute approximate surface area is 304 Å². The quantitative estimate of drug-likeness (QED) is 0.208. The van der Waals surface area contributed by atoms with Crippen LogP contribution in [0.2, 0.25) is 5.02 Å². The van der Waals surface area contributed by atoms with Crippen LogP contribution < -0.4 is 5.32 Å². The summed E-state index contributed by atoms with van der Waals surface area (Å²) in [4.78, 5) is 12.4. The van der Waals surface area contributed by atoms with E-state index in [1.165, 1.54) is 6.92 Å². The molecule has 4 aliphatic carbocycles. The van der Waals surface area contributed by atoms with Crippen LogP contribution in [0.15, 0.2) is 59.7 Å². The van der Waals surface area contributed by atoms with Crippen LogP contribution in [0.1, 0.15) is 89.2 Å². The summed E-state index contributed by atoms with van der Waals surface area (Å²) in [5, 5.41) is 27.1. The zero-order valence-electron chi connectivity index (χ0n) is 29.4. The van der Waals surface area contributed by atoms with Crippen LogP contribution in [0.4, 0.5) is 32.4 Å². The third-order valence-electron chi connectivity index (χ3n) is 12.7. The molecule has 1 saturated heterocycles. The summed E-state index contributed by atoms with van der Waals surface area (Å²) >= 11 is 5.90. The van der Waals surface area contributed by atoms with Gasteiger partial charge in [-0.25, -0.2) is 4.79 Å². The van der Waals surface area contributed by atoms with Crippen molar-refractivity contribution in [3.05, 3.63) is 75.8 Å². The van der Waals surface area contributed by atoms with Crippen LogP contribution in [0, 0.1) is 22.7 Å². The molecule has 52 heavy (non-hydrogen) atoms.